The second-order valence-electron chi connectivity index (χ2n) is 6.13. The van der Waals surface area contributed by atoms with Crippen molar-refractivity contribution in [2.75, 3.05) is 17.7 Å². The van der Waals surface area contributed by atoms with E-state index < -0.39 is 5.91 Å². The molecule has 28 heavy (non-hydrogen) atoms. The highest BCUT2D eigenvalue weighted by Gasteiger charge is 2.13. The number of hydrogen-bond donors (Lipinski definition) is 2. The predicted octanol–water partition coefficient (Wildman–Crippen LogP) is 3.99. The molecule has 3 rings (SSSR count). The highest BCUT2D eigenvalue weighted by atomic mass is 16.5. The average Bonchev–Trinajstić information content (AvgIpc) is 2.68. The van der Waals surface area contributed by atoms with E-state index in [1.807, 2.05) is 24.3 Å². The molecule has 1 heterocycles. The fourth-order valence-electron chi connectivity index (χ4n) is 2.62. The fourth-order valence-corrected chi connectivity index (χ4v) is 2.62. The third-order valence-corrected chi connectivity index (χ3v) is 3.97. The van der Waals surface area contributed by atoms with Crippen LogP contribution in [-0.2, 0) is 0 Å². The van der Waals surface area contributed by atoms with E-state index in [9.17, 15) is 9.59 Å². The van der Waals surface area contributed by atoms with Gasteiger partial charge in [0, 0.05) is 16.9 Å². The van der Waals surface area contributed by atoms with Gasteiger partial charge in [0.1, 0.15) is 11.4 Å². The molecule has 0 unspecified atom stereocenters. The lowest BCUT2D eigenvalue weighted by molar-refractivity contribution is 0.100. The van der Waals surface area contributed by atoms with Gasteiger partial charge in [-0.05, 0) is 44.2 Å². The van der Waals surface area contributed by atoms with Crippen molar-refractivity contribution in [3.8, 4) is 5.75 Å². The summed E-state index contributed by atoms with van der Waals surface area (Å²) in [5.74, 6) is 0.457. The Kier molecular flexibility index (Phi) is 5.64. The summed E-state index contributed by atoms with van der Waals surface area (Å²) in [5.41, 5.74) is 2.58. The summed E-state index contributed by atoms with van der Waals surface area (Å²) in [6.45, 7) is 3.26. The summed E-state index contributed by atoms with van der Waals surface area (Å²) in [5, 5.41) is 5.84. The number of carbonyl (C=O) groups excluding carboxylic acids is 2. The number of methoxy groups -OCH3 is 1. The van der Waals surface area contributed by atoms with Gasteiger partial charge in [0.25, 0.3) is 5.91 Å². The first-order valence-corrected chi connectivity index (χ1v) is 8.64. The normalized spacial score (nSPS) is 10.2. The van der Waals surface area contributed by atoms with Crippen molar-refractivity contribution in [2.45, 2.75) is 13.8 Å². The Hall–Kier alpha value is -3.74. The van der Waals surface area contributed by atoms with Crippen molar-refractivity contribution in [1.82, 2.24) is 9.97 Å². The molecule has 2 aromatic carbocycles. The number of para-hydroxylation sites is 2. The number of anilines is 3. The number of aryl methyl sites for hydroxylation is 1. The first kappa shape index (κ1) is 19.0. The molecule has 0 fully saturated rings. The van der Waals surface area contributed by atoms with Gasteiger partial charge in [0.05, 0.1) is 12.8 Å². The summed E-state index contributed by atoms with van der Waals surface area (Å²) in [6.07, 6.45) is 0. The molecule has 2 N–H and O–H groups in total. The van der Waals surface area contributed by atoms with Crippen LogP contribution in [0.4, 0.5) is 17.3 Å². The number of nitrogens with one attached hydrogen (secondary N) is 2. The van der Waals surface area contributed by atoms with Crippen LogP contribution in [0.2, 0.25) is 0 Å². The molecule has 1 amide bonds. The topological polar surface area (TPSA) is 93.2 Å². The van der Waals surface area contributed by atoms with Crippen LogP contribution in [0.5, 0.6) is 5.75 Å². The zero-order valence-electron chi connectivity index (χ0n) is 15.8. The molecule has 142 valence electrons. The maximum absolute atomic E-state index is 12.6. The van der Waals surface area contributed by atoms with Crippen LogP contribution in [0.15, 0.2) is 54.6 Å². The molecule has 1 aromatic heterocycles. The summed E-state index contributed by atoms with van der Waals surface area (Å²) in [7, 11) is 1.58. The highest BCUT2D eigenvalue weighted by Crippen LogP contribution is 2.25. The minimum atomic E-state index is -0.394. The molecule has 0 saturated carbocycles. The minimum Gasteiger partial charge on any atom is -0.495 e. The van der Waals surface area contributed by atoms with E-state index in [2.05, 4.69) is 20.6 Å². The zero-order valence-corrected chi connectivity index (χ0v) is 15.8. The van der Waals surface area contributed by atoms with E-state index in [1.165, 1.54) is 6.92 Å². The SMILES string of the molecule is COc1ccccc1Nc1nc(C)cc(C(=O)Nc2cccc(C(C)=O)c2)n1. The van der Waals surface area contributed by atoms with Gasteiger partial charge in [0.2, 0.25) is 5.95 Å². The quantitative estimate of drug-likeness (QED) is 0.632. The van der Waals surface area contributed by atoms with Gasteiger partial charge in [-0.25, -0.2) is 9.97 Å². The van der Waals surface area contributed by atoms with E-state index in [-0.39, 0.29) is 17.4 Å². The maximum Gasteiger partial charge on any atom is 0.274 e. The van der Waals surface area contributed by atoms with Crippen LogP contribution in [0.1, 0.15) is 33.5 Å². The number of carbonyl (C=O) groups is 2. The zero-order chi connectivity index (χ0) is 20.1. The number of benzene rings is 2. The van der Waals surface area contributed by atoms with E-state index in [4.69, 9.17) is 4.74 Å². The number of aromatic nitrogens is 2. The lowest BCUT2D eigenvalue weighted by Gasteiger charge is -2.11. The highest BCUT2D eigenvalue weighted by molar-refractivity contribution is 6.04. The van der Waals surface area contributed by atoms with Gasteiger partial charge >= 0.3 is 0 Å². The van der Waals surface area contributed by atoms with Crippen LogP contribution in [0.3, 0.4) is 0 Å². The van der Waals surface area contributed by atoms with Gasteiger partial charge in [-0.2, -0.15) is 0 Å². The third kappa shape index (κ3) is 4.50. The fraction of sp³-hybridized carbons (Fsp3) is 0.143. The molecule has 0 aliphatic heterocycles. The van der Waals surface area contributed by atoms with Crippen molar-refractivity contribution in [3.63, 3.8) is 0 Å². The molecule has 0 atom stereocenters. The Bertz CT molecular complexity index is 1030. The second kappa shape index (κ2) is 8.30. The Balaban J connectivity index is 1.83. The molecule has 0 aliphatic carbocycles. The molecule has 7 heteroatoms. The van der Waals surface area contributed by atoms with Gasteiger partial charge in [-0.15, -0.1) is 0 Å². The molecule has 0 saturated heterocycles. The molecular formula is C21H20N4O3. The first-order chi connectivity index (χ1) is 13.5. The van der Waals surface area contributed by atoms with Crippen LogP contribution in [0.25, 0.3) is 0 Å². The molecular weight excluding hydrogens is 356 g/mol. The van der Waals surface area contributed by atoms with Gasteiger partial charge in [0.15, 0.2) is 5.78 Å². The molecule has 0 bridgehead atoms. The van der Waals surface area contributed by atoms with Crippen LogP contribution in [0, 0.1) is 6.92 Å². The summed E-state index contributed by atoms with van der Waals surface area (Å²) >= 11 is 0. The van der Waals surface area contributed by atoms with Crippen molar-refractivity contribution < 1.29 is 14.3 Å². The van der Waals surface area contributed by atoms with Crippen molar-refractivity contribution in [1.29, 1.82) is 0 Å². The number of rotatable bonds is 6. The van der Waals surface area contributed by atoms with Crippen LogP contribution >= 0.6 is 0 Å². The van der Waals surface area contributed by atoms with E-state index in [0.717, 1.165) is 0 Å². The van der Waals surface area contributed by atoms with Crippen molar-refractivity contribution >= 4 is 29.0 Å². The van der Waals surface area contributed by atoms with Crippen molar-refractivity contribution in [2.24, 2.45) is 0 Å². The monoisotopic (exact) mass is 376 g/mol. The number of ether oxygens (including phenoxy) is 1. The number of amides is 1. The smallest absolute Gasteiger partial charge is 0.274 e. The Labute approximate surface area is 162 Å². The number of Topliss-reactive ketones (excluding diaryl/α,β-unsaturated/α-hetero) is 1. The van der Waals surface area contributed by atoms with Crippen LogP contribution < -0.4 is 15.4 Å². The third-order valence-electron chi connectivity index (χ3n) is 3.97. The number of hydrogen-bond acceptors (Lipinski definition) is 6. The largest absolute Gasteiger partial charge is 0.495 e. The lowest BCUT2D eigenvalue weighted by Crippen LogP contribution is -2.16. The van der Waals surface area contributed by atoms with Gasteiger partial charge in [-0.1, -0.05) is 24.3 Å². The molecule has 0 spiro atoms. The van der Waals surface area contributed by atoms with Crippen molar-refractivity contribution in [3.05, 3.63) is 71.5 Å². The summed E-state index contributed by atoms with van der Waals surface area (Å²) in [4.78, 5) is 32.8. The Morgan fingerprint density at radius 3 is 2.54 bits per heavy atom. The van der Waals surface area contributed by atoms with E-state index in [0.29, 0.717) is 28.4 Å². The van der Waals surface area contributed by atoms with Gasteiger partial charge < -0.3 is 15.4 Å². The Morgan fingerprint density at radius 1 is 1.00 bits per heavy atom. The summed E-state index contributed by atoms with van der Waals surface area (Å²) in [6, 6.07) is 15.7. The van der Waals surface area contributed by atoms with E-state index >= 15 is 0 Å². The minimum absolute atomic E-state index is 0.0720. The maximum atomic E-state index is 12.6. The van der Waals surface area contributed by atoms with E-state index in [1.54, 1.807) is 44.4 Å². The molecule has 3 aromatic rings. The lowest BCUT2D eigenvalue weighted by atomic mass is 10.1. The predicted molar refractivity (Wildman–Crippen MR) is 107 cm³/mol. The molecule has 0 radical (unpaired) electrons. The molecule has 0 aliphatic rings. The number of nitrogens with zero attached hydrogens (tertiary/aromatic N) is 2. The molecule has 7 nitrogen and oxygen atoms in total. The van der Waals surface area contributed by atoms with Crippen LogP contribution in [-0.4, -0.2) is 28.8 Å². The summed E-state index contributed by atoms with van der Waals surface area (Å²) < 4.78 is 5.31. The standard InChI is InChI=1S/C21H20N4O3/c1-13-11-18(20(27)23-16-8-6-7-15(12-16)14(2)26)25-21(22-13)24-17-9-4-5-10-19(17)28-3/h4-12H,1-3H3,(H,23,27)(H,22,24,25). The average molecular weight is 376 g/mol. The Morgan fingerprint density at radius 2 is 1.79 bits per heavy atom. The number of ketones is 1. The van der Waals surface area contributed by atoms with Gasteiger partial charge in [-0.3, -0.25) is 9.59 Å². The first-order valence-electron chi connectivity index (χ1n) is 8.64. The second-order valence-corrected chi connectivity index (χ2v) is 6.13.